The van der Waals surface area contributed by atoms with Crippen LogP contribution in [0, 0.1) is 5.92 Å². The molecule has 1 heterocycles. The largest absolute Gasteiger partial charge is 0.394 e. The summed E-state index contributed by atoms with van der Waals surface area (Å²) in [5, 5.41) is 12.4. The van der Waals surface area contributed by atoms with E-state index in [1.807, 2.05) is 4.90 Å². The van der Waals surface area contributed by atoms with Crippen molar-refractivity contribution in [2.24, 2.45) is 5.92 Å². The Labute approximate surface area is 104 Å². The van der Waals surface area contributed by atoms with Crippen molar-refractivity contribution in [3.8, 4) is 0 Å². The van der Waals surface area contributed by atoms with Gasteiger partial charge in [-0.05, 0) is 39.2 Å². The van der Waals surface area contributed by atoms with Crippen LogP contribution < -0.4 is 5.32 Å². The van der Waals surface area contributed by atoms with E-state index in [0.29, 0.717) is 5.92 Å². The van der Waals surface area contributed by atoms with Crippen molar-refractivity contribution in [2.75, 3.05) is 19.7 Å². The number of nitrogens with one attached hydrogen (secondary N) is 1. The van der Waals surface area contributed by atoms with Crippen molar-refractivity contribution in [3.05, 3.63) is 0 Å². The van der Waals surface area contributed by atoms with Gasteiger partial charge in [-0.3, -0.25) is 4.79 Å². The van der Waals surface area contributed by atoms with Crippen molar-refractivity contribution in [1.29, 1.82) is 0 Å². The number of carbonyl (C=O) groups is 1. The molecule has 1 atom stereocenters. The van der Waals surface area contributed by atoms with E-state index < -0.39 is 6.04 Å². The molecule has 0 aromatic heterocycles. The number of hydrogen-bond acceptors (Lipinski definition) is 3. The molecule has 0 aliphatic carbocycles. The Morgan fingerprint density at radius 3 is 2.71 bits per heavy atom. The molecular weight excluding hydrogens is 216 g/mol. The third kappa shape index (κ3) is 3.68. The summed E-state index contributed by atoms with van der Waals surface area (Å²) in [5.74, 6) is 0.623. The molecule has 4 heteroatoms. The van der Waals surface area contributed by atoms with Gasteiger partial charge in [0.05, 0.1) is 6.61 Å². The van der Waals surface area contributed by atoms with E-state index in [2.05, 4.69) is 33.0 Å². The molecule has 1 aliphatic heterocycles. The molecule has 0 aromatic rings. The van der Waals surface area contributed by atoms with Crippen LogP contribution in [-0.4, -0.2) is 47.2 Å². The highest BCUT2D eigenvalue weighted by Crippen LogP contribution is 2.23. The molecule has 1 unspecified atom stereocenters. The first-order chi connectivity index (χ1) is 7.88. The fourth-order valence-corrected chi connectivity index (χ4v) is 2.20. The fraction of sp³-hybridized carbons (Fsp3) is 0.923. The van der Waals surface area contributed by atoms with E-state index in [-0.39, 0.29) is 18.1 Å². The zero-order chi connectivity index (χ0) is 13.1. The lowest BCUT2D eigenvalue weighted by atomic mass is 9.97. The molecule has 0 saturated carbocycles. The minimum Gasteiger partial charge on any atom is -0.394 e. The van der Waals surface area contributed by atoms with Gasteiger partial charge in [-0.25, -0.2) is 0 Å². The quantitative estimate of drug-likeness (QED) is 0.773. The zero-order valence-corrected chi connectivity index (χ0v) is 11.5. The van der Waals surface area contributed by atoms with Gasteiger partial charge in [0, 0.05) is 12.1 Å². The van der Waals surface area contributed by atoms with E-state index in [0.717, 1.165) is 25.9 Å². The molecule has 17 heavy (non-hydrogen) atoms. The molecule has 0 spiro atoms. The molecule has 0 bridgehead atoms. The van der Waals surface area contributed by atoms with E-state index >= 15 is 0 Å². The summed E-state index contributed by atoms with van der Waals surface area (Å²) in [5.41, 5.74) is -0.122. The Bertz CT molecular complexity index is 264. The highest BCUT2D eigenvalue weighted by molar-refractivity contribution is 5.83. The van der Waals surface area contributed by atoms with Crippen LogP contribution in [0.15, 0.2) is 0 Å². The molecule has 1 saturated heterocycles. The van der Waals surface area contributed by atoms with Gasteiger partial charge in [0.15, 0.2) is 0 Å². The number of nitrogens with zero attached hydrogens (tertiary/aromatic N) is 1. The van der Waals surface area contributed by atoms with Gasteiger partial charge in [-0.2, -0.15) is 0 Å². The van der Waals surface area contributed by atoms with Crippen LogP contribution in [-0.2, 0) is 4.79 Å². The Balaban J connectivity index is 2.79. The molecule has 1 aliphatic rings. The smallest absolute Gasteiger partial charge is 0.242 e. The second kappa shape index (κ2) is 5.83. The number of hydrogen-bond donors (Lipinski definition) is 2. The third-order valence-corrected chi connectivity index (χ3v) is 3.53. The first-order valence-electron chi connectivity index (χ1n) is 6.54. The maximum atomic E-state index is 12.3. The summed E-state index contributed by atoms with van der Waals surface area (Å²) in [7, 11) is 0. The molecular formula is C13H26N2O2. The van der Waals surface area contributed by atoms with E-state index in [9.17, 15) is 9.90 Å². The zero-order valence-electron chi connectivity index (χ0n) is 11.5. The third-order valence-electron chi connectivity index (χ3n) is 3.53. The molecule has 1 fully saturated rings. The number of aliphatic hydroxyl groups excluding tert-OH is 1. The van der Waals surface area contributed by atoms with Gasteiger partial charge in [0.1, 0.15) is 6.04 Å². The van der Waals surface area contributed by atoms with Crippen molar-refractivity contribution in [1.82, 2.24) is 10.2 Å². The lowest BCUT2D eigenvalue weighted by molar-refractivity contribution is -0.138. The van der Waals surface area contributed by atoms with Crippen molar-refractivity contribution in [3.63, 3.8) is 0 Å². The Hall–Kier alpha value is -0.610. The van der Waals surface area contributed by atoms with Crippen LogP contribution in [0.2, 0.25) is 0 Å². The van der Waals surface area contributed by atoms with Gasteiger partial charge in [-0.1, -0.05) is 13.8 Å². The van der Waals surface area contributed by atoms with Gasteiger partial charge in [-0.15, -0.1) is 0 Å². The summed E-state index contributed by atoms with van der Waals surface area (Å²) in [4.78, 5) is 14.2. The van der Waals surface area contributed by atoms with Gasteiger partial charge >= 0.3 is 0 Å². The molecule has 100 valence electrons. The van der Waals surface area contributed by atoms with E-state index in [1.54, 1.807) is 0 Å². The van der Waals surface area contributed by atoms with Crippen LogP contribution in [0.1, 0.15) is 40.5 Å². The van der Waals surface area contributed by atoms with E-state index in [1.165, 1.54) is 0 Å². The van der Waals surface area contributed by atoms with Crippen LogP contribution in [0.25, 0.3) is 0 Å². The predicted molar refractivity (Wildman–Crippen MR) is 68.7 cm³/mol. The summed E-state index contributed by atoms with van der Waals surface area (Å²) in [6.07, 6.45) is 1.93. The molecule has 2 N–H and O–H groups in total. The first-order valence-corrected chi connectivity index (χ1v) is 6.54. The van der Waals surface area contributed by atoms with Crippen LogP contribution in [0.3, 0.4) is 0 Å². The highest BCUT2D eigenvalue weighted by atomic mass is 16.3. The normalized spacial score (nSPS) is 25.2. The molecule has 1 rings (SSSR count). The van der Waals surface area contributed by atoms with Crippen LogP contribution >= 0.6 is 0 Å². The molecule has 4 nitrogen and oxygen atoms in total. The molecule has 1 amide bonds. The minimum absolute atomic E-state index is 0.0376. The molecule has 0 radical (unpaired) electrons. The Morgan fingerprint density at radius 2 is 2.18 bits per heavy atom. The summed E-state index contributed by atoms with van der Waals surface area (Å²) in [6.45, 7) is 9.98. The number of carbonyl (C=O) groups excluding carboxylic acids is 1. The predicted octanol–water partition coefficient (Wildman–Crippen LogP) is 0.994. The van der Waals surface area contributed by atoms with Crippen molar-refractivity contribution >= 4 is 5.91 Å². The highest BCUT2D eigenvalue weighted by Gasteiger charge is 2.36. The number of rotatable bonds is 4. The topological polar surface area (TPSA) is 52.6 Å². The number of amides is 1. The SMILES string of the molecule is CC(C)CCN1C(=O)C(CO)NCCC1(C)C. The second-order valence-electron chi connectivity index (χ2n) is 5.92. The fourth-order valence-electron chi connectivity index (χ4n) is 2.20. The van der Waals surface area contributed by atoms with E-state index in [4.69, 9.17) is 0 Å². The van der Waals surface area contributed by atoms with Crippen LogP contribution in [0.4, 0.5) is 0 Å². The van der Waals surface area contributed by atoms with Crippen molar-refractivity contribution < 1.29 is 9.90 Å². The monoisotopic (exact) mass is 242 g/mol. The van der Waals surface area contributed by atoms with Crippen molar-refractivity contribution in [2.45, 2.75) is 52.1 Å². The van der Waals surface area contributed by atoms with Crippen LogP contribution in [0.5, 0.6) is 0 Å². The minimum atomic E-state index is -0.427. The lowest BCUT2D eigenvalue weighted by Crippen LogP contribution is -2.52. The summed E-state index contributed by atoms with van der Waals surface area (Å²) < 4.78 is 0. The maximum absolute atomic E-state index is 12.3. The standard InChI is InChI=1S/C13H26N2O2/c1-10(2)5-8-15-12(17)11(9-16)14-7-6-13(15,3)4/h10-11,14,16H,5-9H2,1-4H3. The summed E-state index contributed by atoms with van der Waals surface area (Å²) in [6, 6.07) is -0.427. The maximum Gasteiger partial charge on any atom is 0.242 e. The first kappa shape index (κ1) is 14.5. The average molecular weight is 242 g/mol. The van der Waals surface area contributed by atoms with Gasteiger partial charge in [0.25, 0.3) is 0 Å². The number of aliphatic hydroxyl groups is 1. The Morgan fingerprint density at radius 1 is 1.53 bits per heavy atom. The Kier molecular flexibility index (Phi) is 4.95. The average Bonchev–Trinajstić information content (AvgIpc) is 2.32. The van der Waals surface area contributed by atoms with Gasteiger partial charge < -0.3 is 15.3 Å². The summed E-state index contributed by atoms with van der Waals surface area (Å²) >= 11 is 0. The lowest BCUT2D eigenvalue weighted by Gasteiger charge is -2.38. The molecule has 0 aromatic carbocycles. The second-order valence-corrected chi connectivity index (χ2v) is 5.92. The van der Waals surface area contributed by atoms with Gasteiger partial charge in [0.2, 0.25) is 5.91 Å².